The highest BCUT2D eigenvalue weighted by Gasteiger charge is 2.03. The molecule has 0 unspecified atom stereocenters. The van der Waals surface area contributed by atoms with Crippen molar-refractivity contribution in [1.82, 2.24) is 0 Å². The van der Waals surface area contributed by atoms with Gasteiger partial charge in [0.05, 0.1) is 12.2 Å². The van der Waals surface area contributed by atoms with Crippen LogP contribution in [0.5, 0.6) is 5.75 Å². The fourth-order valence-corrected chi connectivity index (χ4v) is 1.03. The Morgan fingerprint density at radius 1 is 1.33 bits per heavy atom. The van der Waals surface area contributed by atoms with Crippen LogP contribution in [0.4, 0.5) is 0 Å². The fourth-order valence-electron chi connectivity index (χ4n) is 1.03. The molecule has 0 aliphatic rings. The van der Waals surface area contributed by atoms with E-state index in [0.29, 0.717) is 17.9 Å². The van der Waals surface area contributed by atoms with E-state index in [1.165, 1.54) is 0 Å². The van der Waals surface area contributed by atoms with Gasteiger partial charge in [0.1, 0.15) is 11.6 Å². The second-order valence-electron chi connectivity index (χ2n) is 2.76. The van der Waals surface area contributed by atoms with Crippen molar-refractivity contribution in [2.24, 2.45) is 5.73 Å². The van der Waals surface area contributed by atoms with E-state index in [2.05, 4.69) is 0 Å². The van der Waals surface area contributed by atoms with Crippen LogP contribution < -0.4 is 10.5 Å². The molecule has 0 aliphatic carbocycles. The van der Waals surface area contributed by atoms with Crippen LogP contribution in [0.15, 0.2) is 24.3 Å². The molecule has 0 fully saturated rings. The molecule has 0 amide bonds. The second kappa shape index (κ2) is 8.38. The Hall–Kier alpha value is -0.930. The first-order chi connectivity index (χ1) is 6.25. The standard InChI is InChI=1S/C10H14N2O.2ClH/c1-2-7-13-9-6-4-3-5-8(9)10(11)12;;/h3-6H,2,7H2,1H3,(H3,11,12);2*1H. The smallest absolute Gasteiger partial charge is 0.130 e. The Balaban J connectivity index is 0. The minimum Gasteiger partial charge on any atom is -0.493 e. The molecule has 86 valence electrons. The fraction of sp³-hybridized carbons (Fsp3) is 0.300. The second-order valence-corrected chi connectivity index (χ2v) is 2.76. The van der Waals surface area contributed by atoms with Gasteiger partial charge in [-0.3, -0.25) is 5.41 Å². The Labute approximate surface area is 102 Å². The normalized spacial score (nSPS) is 8.33. The number of amidine groups is 1. The summed E-state index contributed by atoms with van der Waals surface area (Å²) in [5.74, 6) is 0.739. The third kappa shape index (κ3) is 4.91. The Morgan fingerprint density at radius 2 is 1.93 bits per heavy atom. The van der Waals surface area contributed by atoms with Gasteiger partial charge in [-0.25, -0.2) is 0 Å². The molecule has 3 nitrogen and oxygen atoms in total. The van der Waals surface area contributed by atoms with Gasteiger partial charge in [-0.15, -0.1) is 24.8 Å². The molecule has 3 N–H and O–H groups in total. The van der Waals surface area contributed by atoms with Gasteiger partial charge in [0, 0.05) is 0 Å². The molecule has 0 saturated heterocycles. The van der Waals surface area contributed by atoms with E-state index in [1.54, 1.807) is 6.07 Å². The minimum atomic E-state index is 0. The van der Waals surface area contributed by atoms with E-state index in [-0.39, 0.29) is 30.6 Å². The van der Waals surface area contributed by atoms with Crippen molar-refractivity contribution in [1.29, 1.82) is 5.41 Å². The highest BCUT2D eigenvalue weighted by Crippen LogP contribution is 2.16. The summed E-state index contributed by atoms with van der Waals surface area (Å²) in [6.45, 7) is 2.70. The van der Waals surface area contributed by atoms with E-state index in [4.69, 9.17) is 15.9 Å². The number of rotatable bonds is 4. The number of ether oxygens (including phenoxy) is 1. The van der Waals surface area contributed by atoms with Gasteiger partial charge >= 0.3 is 0 Å². The average Bonchev–Trinajstić information content (AvgIpc) is 2.15. The predicted octanol–water partition coefficient (Wildman–Crippen LogP) is 2.60. The molecular formula is C10H16Cl2N2O. The van der Waals surface area contributed by atoms with E-state index < -0.39 is 0 Å². The Bertz CT molecular complexity index is 305. The SMILES string of the molecule is CCCOc1ccccc1C(=N)N.Cl.Cl. The van der Waals surface area contributed by atoms with Crippen LogP contribution in [0.1, 0.15) is 18.9 Å². The van der Waals surface area contributed by atoms with Gasteiger partial charge in [0.25, 0.3) is 0 Å². The predicted molar refractivity (Wildman–Crippen MR) is 67.7 cm³/mol. The number of hydrogen-bond acceptors (Lipinski definition) is 2. The first-order valence-corrected chi connectivity index (χ1v) is 4.32. The van der Waals surface area contributed by atoms with Crippen LogP contribution in [-0.4, -0.2) is 12.4 Å². The Morgan fingerprint density at radius 3 is 2.47 bits per heavy atom. The van der Waals surface area contributed by atoms with Crippen molar-refractivity contribution in [3.8, 4) is 5.75 Å². The lowest BCUT2D eigenvalue weighted by atomic mass is 10.2. The first kappa shape index (κ1) is 16.5. The number of benzene rings is 1. The van der Waals surface area contributed by atoms with Crippen LogP contribution in [0.3, 0.4) is 0 Å². The quantitative estimate of drug-likeness (QED) is 0.638. The van der Waals surface area contributed by atoms with E-state index in [9.17, 15) is 0 Å². The van der Waals surface area contributed by atoms with E-state index in [1.807, 2.05) is 25.1 Å². The molecule has 1 aromatic rings. The maximum absolute atomic E-state index is 7.31. The molecule has 1 rings (SSSR count). The largest absolute Gasteiger partial charge is 0.493 e. The third-order valence-electron chi connectivity index (χ3n) is 1.64. The lowest BCUT2D eigenvalue weighted by Gasteiger charge is -2.08. The molecule has 5 heteroatoms. The van der Waals surface area contributed by atoms with Crippen LogP contribution >= 0.6 is 24.8 Å². The van der Waals surface area contributed by atoms with Crippen LogP contribution in [0, 0.1) is 5.41 Å². The lowest BCUT2D eigenvalue weighted by molar-refractivity contribution is 0.317. The van der Waals surface area contributed by atoms with Gasteiger partial charge in [0.2, 0.25) is 0 Å². The molecule has 0 atom stereocenters. The van der Waals surface area contributed by atoms with Crippen molar-refractivity contribution >= 4 is 30.6 Å². The summed E-state index contributed by atoms with van der Waals surface area (Å²) < 4.78 is 5.43. The molecule has 0 spiro atoms. The summed E-state index contributed by atoms with van der Waals surface area (Å²) in [6.07, 6.45) is 0.951. The topological polar surface area (TPSA) is 59.1 Å². The summed E-state index contributed by atoms with van der Waals surface area (Å²) in [7, 11) is 0. The van der Waals surface area contributed by atoms with E-state index >= 15 is 0 Å². The van der Waals surface area contributed by atoms with E-state index in [0.717, 1.165) is 6.42 Å². The van der Waals surface area contributed by atoms with Crippen molar-refractivity contribution < 1.29 is 4.74 Å². The van der Waals surface area contributed by atoms with Crippen molar-refractivity contribution in [2.45, 2.75) is 13.3 Å². The molecular weight excluding hydrogens is 235 g/mol. The van der Waals surface area contributed by atoms with Gasteiger partial charge in [-0.2, -0.15) is 0 Å². The summed E-state index contributed by atoms with van der Waals surface area (Å²) in [5, 5.41) is 7.31. The molecule has 0 radical (unpaired) electrons. The number of halogens is 2. The van der Waals surface area contributed by atoms with Crippen molar-refractivity contribution in [2.75, 3.05) is 6.61 Å². The molecule has 0 aliphatic heterocycles. The monoisotopic (exact) mass is 250 g/mol. The van der Waals surface area contributed by atoms with Crippen molar-refractivity contribution in [3.63, 3.8) is 0 Å². The maximum Gasteiger partial charge on any atom is 0.130 e. The number of nitrogen functional groups attached to an aromatic ring is 1. The zero-order valence-electron chi connectivity index (χ0n) is 8.53. The van der Waals surface area contributed by atoms with Gasteiger partial charge in [0.15, 0.2) is 0 Å². The Kier molecular flexibility index (Phi) is 9.22. The molecule has 15 heavy (non-hydrogen) atoms. The van der Waals surface area contributed by atoms with Crippen molar-refractivity contribution in [3.05, 3.63) is 29.8 Å². The molecule has 0 bridgehead atoms. The average molecular weight is 251 g/mol. The molecule has 0 saturated carbocycles. The zero-order valence-corrected chi connectivity index (χ0v) is 10.2. The zero-order chi connectivity index (χ0) is 9.68. The van der Waals surface area contributed by atoms with Gasteiger partial charge < -0.3 is 10.5 Å². The summed E-state index contributed by atoms with van der Waals surface area (Å²) in [6, 6.07) is 7.33. The number of hydrogen-bond donors (Lipinski definition) is 2. The lowest BCUT2D eigenvalue weighted by Crippen LogP contribution is -2.13. The highest BCUT2D eigenvalue weighted by atomic mass is 35.5. The molecule has 0 aromatic heterocycles. The number of para-hydroxylation sites is 1. The summed E-state index contributed by atoms with van der Waals surface area (Å²) in [5.41, 5.74) is 6.05. The summed E-state index contributed by atoms with van der Waals surface area (Å²) >= 11 is 0. The van der Waals surface area contributed by atoms with Crippen LogP contribution in [0.25, 0.3) is 0 Å². The molecule has 0 heterocycles. The number of nitrogens with two attached hydrogens (primary N) is 1. The molecule has 1 aromatic carbocycles. The first-order valence-electron chi connectivity index (χ1n) is 4.32. The van der Waals surface area contributed by atoms with Crippen LogP contribution in [-0.2, 0) is 0 Å². The minimum absolute atomic E-state index is 0. The van der Waals surface area contributed by atoms with Crippen LogP contribution in [0.2, 0.25) is 0 Å². The third-order valence-corrected chi connectivity index (χ3v) is 1.64. The highest BCUT2D eigenvalue weighted by molar-refractivity contribution is 5.97. The maximum atomic E-state index is 7.31. The van der Waals surface area contributed by atoms with Gasteiger partial charge in [-0.1, -0.05) is 19.1 Å². The summed E-state index contributed by atoms with van der Waals surface area (Å²) in [4.78, 5) is 0. The number of nitrogens with one attached hydrogen (secondary N) is 1. The van der Waals surface area contributed by atoms with Gasteiger partial charge in [-0.05, 0) is 18.6 Å².